The lowest BCUT2D eigenvalue weighted by atomic mass is 10.00. The van der Waals surface area contributed by atoms with Crippen molar-refractivity contribution < 1.29 is 14.2 Å². The second kappa shape index (κ2) is 6.57. The number of aliphatic hydroxyl groups excluding tert-OH is 1. The molecular weight excluding hydrogens is 347 g/mol. The van der Waals surface area contributed by atoms with Crippen LogP contribution in [0.25, 0.3) is 0 Å². The first-order valence-corrected chi connectivity index (χ1v) is 7.26. The van der Waals surface area contributed by atoms with Crippen molar-refractivity contribution in [3.63, 3.8) is 0 Å². The van der Waals surface area contributed by atoms with Crippen LogP contribution in [0, 0.1) is 5.82 Å². The Labute approximate surface area is 130 Å². The highest BCUT2D eigenvalue weighted by Gasteiger charge is 2.20. The normalized spacial score (nSPS) is 12.2. The minimum absolute atomic E-state index is 0.116. The Morgan fingerprint density at radius 2 is 2.00 bits per heavy atom. The molecule has 0 bridgehead atoms. The molecule has 106 valence electrons. The molecule has 2 aromatic carbocycles. The lowest BCUT2D eigenvalue weighted by Gasteiger charge is -2.17. The summed E-state index contributed by atoms with van der Waals surface area (Å²) in [7, 11) is 0. The van der Waals surface area contributed by atoms with Gasteiger partial charge in [0.15, 0.2) is 0 Å². The van der Waals surface area contributed by atoms with E-state index in [2.05, 4.69) is 15.9 Å². The van der Waals surface area contributed by atoms with Crippen molar-refractivity contribution >= 4 is 27.5 Å². The summed E-state index contributed by atoms with van der Waals surface area (Å²) in [6.07, 6.45) is -1.14. The molecule has 1 unspecified atom stereocenters. The molecule has 0 heterocycles. The van der Waals surface area contributed by atoms with Gasteiger partial charge in [-0.25, -0.2) is 4.39 Å². The Morgan fingerprint density at radius 3 is 2.70 bits per heavy atom. The third-order valence-corrected chi connectivity index (χ3v) is 4.04. The topological polar surface area (TPSA) is 29.5 Å². The highest BCUT2D eigenvalue weighted by molar-refractivity contribution is 9.10. The van der Waals surface area contributed by atoms with Crippen LogP contribution in [0.5, 0.6) is 5.75 Å². The van der Waals surface area contributed by atoms with E-state index in [1.165, 1.54) is 12.1 Å². The summed E-state index contributed by atoms with van der Waals surface area (Å²) in [5.41, 5.74) is 0.622. The van der Waals surface area contributed by atoms with Crippen molar-refractivity contribution in [3.05, 3.63) is 62.8 Å². The van der Waals surface area contributed by atoms with Gasteiger partial charge >= 0.3 is 0 Å². The van der Waals surface area contributed by atoms with E-state index in [1.54, 1.807) is 24.3 Å². The second-order valence-corrected chi connectivity index (χ2v) is 5.42. The predicted molar refractivity (Wildman–Crippen MR) is 80.8 cm³/mol. The van der Waals surface area contributed by atoms with E-state index in [1.807, 2.05) is 6.92 Å². The van der Waals surface area contributed by atoms with Crippen molar-refractivity contribution in [2.24, 2.45) is 0 Å². The maximum Gasteiger partial charge on any atom is 0.130 e. The molecule has 0 aromatic heterocycles. The maximum absolute atomic E-state index is 14.0. The smallest absolute Gasteiger partial charge is 0.130 e. The minimum atomic E-state index is -1.14. The van der Waals surface area contributed by atoms with Gasteiger partial charge in [-0.15, -0.1) is 0 Å². The molecule has 1 N–H and O–H groups in total. The molecule has 2 rings (SSSR count). The Morgan fingerprint density at radius 1 is 1.30 bits per heavy atom. The Hall–Kier alpha value is -1.10. The van der Waals surface area contributed by atoms with Gasteiger partial charge in [-0.05, 0) is 41.1 Å². The summed E-state index contributed by atoms with van der Waals surface area (Å²) >= 11 is 9.11. The molecule has 1 atom stereocenters. The zero-order valence-electron chi connectivity index (χ0n) is 10.7. The van der Waals surface area contributed by atoms with Crippen molar-refractivity contribution in [2.75, 3.05) is 6.61 Å². The first-order valence-electron chi connectivity index (χ1n) is 6.08. The molecular formula is C15H13BrClFO2. The van der Waals surface area contributed by atoms with Crippen molar-refractivity contribution in [1.29, 1.82) is 0 Å². The van der Waals surface area contributed by atoms with Crippen molar-refractivity contribution in [2.45, 2.75) is 13.0 Å². The van der Waals surface area contributed by atoms with Crippen LogP contribution in [-0.2, 0) is 0 Å². The zero-order valence-corrected chi connectivity index (χ0v) is 13.1. The first kappa shape index (κ1) is 15.3. The second-order valence-electron chi connectivity index (χ2n) is 4.16. The van der Waals surface area contributed by atoms with Gasteiger partial charge in [-0.2, -0.15) is 0 Å². The Kier molecular flexibility index (Phi) is 5.02. The van der Waals surface area contributed by atoms with Crippen LogP contribution in [0.2, 0.25) is 5.02 Å². The van der Waals surface area contributed by atoms with Gasteiger partial charge in [-0.1, -0.05) is 29.8 Å². The molecule has 0 aliphatic carbocycles. The third kappa shape index (κ3) is 3.14. The van der Waals surface area contributed by atoms with Gasteiger partial charge in [0, 0.05) is 15.6 Å². The Balaban J connectivity index is 2.46. The molecule has 0 saturated heterocycles. The van der Waals surface area contributed by atoms with E-state index in [0.29, 0.717) is 27.4 Å². The fraction of sp³-hybridized carbons (Fsp3) is 0.200. The van der Waals surface area contributed by atoms with E-state index in [0.717, 1.165) is 0 Å². The SMILES string of the molecule is CCOc1ccccc1C(O)c1cc(Cl)c(Br)cc1F. The van der Waals surface area contributed by atoms with E-state index in [9.17, 15) is 9.50 Å². The van der Waals surface area contributed by atoms with Crippen molar-refractivity contribution in [3.8, 4) is 5.75 Å². The predicted octanol–water partition coefficient (Wildman–Crippen LogP) is 4.72. The molecule has 2 nitrogen and oxygen atoms in total. The van der Waals surface area contributed by atoms with Gasteiger partial charge < -0.3 is 9.84 Å². The lowest BCUT2D eigenvalue weighted by molar-refractivity contribution is 0.207. The number of benzene rings is 2. The number of rotatable bonds is 4. The first-order chi connectivity index (χ1) is 9.54. The number of para-hydroxylation sites is 1. The van der Waals surface area contributed by atoms with Crippen LogP contribution < -0.4 is 4.74 Å². The van der Waals surface area contributed by atoms with Crippen LogP contribution in [0.3, 0.4) is 0 Å². The summed E-state index contributed by atoms with van der Waals surface area (Å²) in [5.74, 6) is 0.000942. The minimum Gasteiger partial charge on any atom is -0.493 e. The summed E-state index contributed by atoms with van der Waals surface area (Å²) in [4.78, 5) is 0. The molecule has 0 saturated carbocycles. The molecule has 0 amide bonds. The third-order valence-electron chi connectivity index (χ3n) is 2.85. The largest absolute Gasteiger partial charge is 0.493 e. The number of hydrogen-bond acceptors (Lipinski definition) is 2. The van der Waals surface area contributed by atoms with Crippen LogP contribution in [0.1, 0.15) is 24.2 Å². The molecule has 2 aromatic rings. The van der Waals surface area contributed by atoms with Gasteiger partial charge in [-0.3, -0.25) is 0 Å². The van der Waals surface area contributed by atoms with E-state index in [4.69, 9.17) is 16.3 Å². The fourth-order valence-electron chi connectivity index (χ4n) is 1.91. The summed E-state index contributed by atoms with van der Waals surface area (Å²) in [6, 6.07) is 9.65. The zero-order chi connectivity index (χ0) is 14.7. The quantitative estimate of drug-likeness (QED) is 0.800. The van der Waals surface area contributed by atoms with Gasteiger partial charge in [0.1, 0.15) is 17.7 Å². The van der Waals surface area contributed by atoms with Gasteiger partial charge in [0.05, 0.1) is 11.6 Å². The van der Waals surface area contributed by atoms with Crippen LogP contribution in [0.4, 0.5) is 4.39 Å². The summed E-state index contributed by atoms with van der Waals surface area (Å²) in [5, 5.41) is 10.7. The highest BCUT2D eigenvalue weighted by atomic mass is 79.9. The van der Waals surface area contributed by atoms with Crippen LogP contribution in [0.15, 0.2) is 40.9 Å². The average molecular weight is 360 g/mol. The highest BCUT2D eigenvalue weighted by Crippen LogP contribution is 2.34. The maximum atomic E-state index is 14.0. The molecule has 20 heavy (non-hydrogen) atoms. The standard InChI is InChI=1S/C15H13BrClFO2/c1-2-20-14-6-4-3-5-9(14)15(19)10-7-12(17)11(16)8-13(10)18/h3-8,15,19H,2H2,1H3. The van der Waals surface area contributed by atoms with Crippen molar-refractivity contribution in [1.82, 2.24) is 0 Å². The molecule has 0 spiro atoms. The molecule has 0 radical (unpaired) electrons. The van der Waals surface area contributed by atoms with Gasteiger partial charge in [0.2, 0.25) is 0 Å². The summed E-state index contributed by atoms with van der Waals surface area (Å²) < 4.78 is 19.9. The number of ether oxygens (including phenoxy) is 1. The van der Waals surface area contributed by atoms with E-state index in [-0.39, 0.29) is 5.56 Å². The molecule has 0 fully saturated rings. The van der Waals surface area contributed by atoms with Crippen LogP contribution >= 0.6 is 27.5 Å². The summed E-state index contributed by atoms with van der Waals surface area (Å²) in [6.45, 7) is 2.31. The van der Waals surface area contributed by atoms with Crippen LogP contribution in [-0.4, -0.2) is 11.7 Å². The van der Waals surface area contributed by atoms with E-state index < -0.39 is 11.9 Å². The average Bonchev–Trinajstić information content (AvgIpc) is 2.43. The number of halogens is 3. The number of aliphatic hydroxyl groups is 1. The monoisotopic (exact) mass is 358 g/mol. The number of hydrogen-bond donors (Lipinski definition) is 1. The fourth-order valence-corrected chi connectivity index (χ4v) is 2.40. The Bertz CT molecular complexity index is 619. The van der Waals surface area contributed by atoms with Gasteiger partial charge in [0.25, 0.3) is 0 Å². The molecule has 5 heteroatoms. The molecule has 0 aliphatic heterocycles. The van der Waals surface area contributed by atoms with E-state index >= 15 is 0 Å². The lowest BCUT2D eigenvalue weighted by Crippen LogP contribution is -2.06. The molecule has 0 aliphatic rings.